The molecule has 8 nitrogen and oxygen atoms in total. The summed E-state index contributed by atoms with van der Waals surface area (Å²) in [6.45, 7) is 3.44. The van der Waals surface area contributed by atoms with Crippen molar-refractivity contribution in [3.8, 4) is 11.5 Å². The lowest BCUT2D eigenvalue weighted by molar-refractivity contribution is -0.0505. The van der Waals surface area contributed by atoms with Gasteiger partial charge in [-0.1, -0.05) is 0 Å². The summed E-state index contributed by atoms with van der Waals surface area (Å²) < 4.78 is 40.2. The van der Waals surface area contributed by atoms with Crippen LogP contribution in [0.1, 0.15) is 26.3 Å². The number of rotatable bonds is 8. The van der Waals surface area contributed by atoms with E-state index in [4.69, 9.17) is 9.47 Å². The molecule has 0 fully saturated rings. The van der Waals surface area contributed by atoms with Gasteiger partial charge < -0.3 is 29.7 Å². The van der Waals surface area contributed by atoms with E-state index in [9.17, 15) is 13.6 Å². The summed E-state index contributed by atoms with van der Waals surface area (Å²) in [6.07, 6.45) is -0.424. The molecule has 10 heteroatoms. The van der Waals surface area contributed by atoms with Gasteiger partial charge in [0.2, 0.25) is 0 Å². The Balaban J connectivity index is 2.59. The van der Waals surface area contributed by atoms with Gasteiger partial charge in [0.15, 0.2) is 5.96 Å². The van der Waals surface area contributed by atoms with Gasteiger partial charge in [-0.15, -0.1) is 0 Å². The van der Waals surface area contributed by atoms with E-state index in [0.717, 1.165) is 0 Å². The van der Waals surface area contributed by atoms with Crippen molar-refractivity contribution in [1.29, 1.82) is 0 Å². The van der Waals surface area contributed by atoms with Crippen molar-refractivity contribution in [3.63, 3.8) is 0 Å². The fourth-order valence-electron chi connectivity index (χ4n) is 2.20. The summed E-state index contributed by atoms with van der Waals surface area (Å²) >= 11 is 0. The molecular weight excluding hydrogens is 386 g/mol. The zero-order valence-electron chi connectivity index (χ0n) is 17.7. The number of carbonyl (C=O) groups is 1. The van der Waals surface area contributed by atoms with E-state index in [1.807, 2.05) is 0 Å². The maximum atomic E-state index is 12.6. The predicted molar refractivity (Wildman–Crippen MR) is 107 cm³/mol. The van der Waals surface area contributed by atoms with E-state index in [0.29, 0.717) is 30.4 Å². The predicted octanol–water partition coefficient (Wildman–Crippen LogP) is 2.83. The molecule has 0 atom stereocenters. The molecule has 1 amide bonds. The van der Waals surface area contributed by atoms with Crippen LogP contribution in [0.3, 0.4) is 0 Å². The Morgan fingerprint density at radius 2 is 1.97 bits per heavy atom. The van der Waals surface area contributed by atoms with Gasteiger partial charge in [0.25, 0.3) is 0 Å². The van der Waals surface area contributed by atoms with Crippen molar-refractivity contribution in [2.75, 3.05) is 34.3 Å². The number of benzene rings is 1. The number of guanidine groups is 1. The maximum Gasteiger partial charge on any atom is 0.410 e. The summed E-state index contributed by atoms with van der Waals surface area (Å²) in [6, 6.07) is 4.57. The Morgan fingerprint density at radius 3 is 2.52 bits per heavy atom. The van der Waals surface area contributed by atoms with Crippen LogP contribution in [0.15, 0.2) is 23.2 Å². The summed E-state index contributed by atoms with van der Waals surface area (Å²) in [5.41, 5.74) is -0.0797. The third kappa shape index (κ3) is 9.31. The molecule has 0 bridgehead atoms. The van der Waals surface area contributed by atoms with Crippen LogP contribution in [0.5, 0.6) is 11.5 Å². The molecule has 0 aliphatic heterocycles. The van der Waals surface area contributed by atoms with Crippen molar-refractivity contribution in [3.05, 3.63) is 23.8 Å². The quantitative estimate of drug-likeness (QED) is 0.501. The van der Waals surface area contributed by atoms with Gasteiger partial charge in [-0.05, 0) is 39.0 Å². The lowest BCUT2D eigenvalue weighted by Gasteiger charge is -2.25. The number of ether oxygens (including phenoxy) is 3. The third-order valence-electron chi connectivity index (χ3n) is 3.60. The molecule has 0 saturated heterocycles. The van der Waals surface area contributed by atoms with Gasteiger partial charge in [-0.3, -0.25) is 4.99 Å². The molecule has 1 aromatic carbocycles. The maximum absolute atomic E-state index is 12.6. The van der Waals surface area contributed by atoms with Crippen molar-refractivity contribution < 1.29 is 27.8 Å². The number of likely N-dealkylation sites (N-methyl/N-ethyl adjacent to an activating group) is 1. The first-order valence-electron chi connectivity index (χ1n) is 9.06. The van der Waals surface area contributed by atoms with E-state index in [2.05, 4.69) is 20.4 Å². The molecule has 29 heavy (non-hydrogen) atoms. The summed E-state index contributed by atoms with van der Waals surface area (Å²) in [5.74, 6) is 1.01. The minimum Gasteiger partial charge on any atom is -0.497 e. The van der Waals surface area contributed by atoms with Crippen LogP contribution in [-0.2, 0) is 11.3 Å². The highest BCUT2D eigenvalue weighted by Gasteiger charge is 2.19. The normalized spacial score (nSPS) is 11.8. The van der Waals surface area contributed by atoms with Gasteiger partial charge in [0, 0.05) is 39.3 Å². The Morgan fingerprint density at radius 1 is 1.28 bits per heavy atom. The summed E-state index contributed by atoms with van der Waals surface area (Å²) in [5, 5.41) is 6.06. The van der Waals surface area contributed by atoms with Gasteiger partial charge in [0.05, 0.1) is 7.11 Å². The molecule has 0 spiro atoms. The van der Waals surface area contributed by atoms with Gasteiger partial charge in [-0.25, -0.2) is 4.79 Å². The highest BCUT2D eigenvalue weighted by molar-refractivity contribution is 5.79. The lowest BCUT2D eigenvalue weighted by Crippen LogP contribution is -2.42. The molecule has 1 rings (SSSR count). The van der Waals surface area contributed by atoms with Crippen molar-refractivity contribution >= 4 is 12.1 Å². The van der Waals surface area contributed by atoms with E-state index in [-0.39, 0.29) is 12.3 Å². The number of methoxy groups -OCH3 is 1. The van der Waals surface area contributed by atoms with Crippen LogP contribution in [0.2, 0.25) is 0 Å². The number of hydrogen-bond donors (Lipinski definition) is 2. The summed E-state index contributed by atoms with van der Waals surface area (Å²) in [4.78, 5) is 17.5. The van der Waals surface area contributed by atoms with E-state index in [1.165, 1.54) is 18.1 Å². The molecule has 0 unspecified atom stereocenters. The van der Waals surface area contributed by atoms with Crippen molar-refractivity contribution in [1.82, 2.24) is 15.5 Å². The Hall–Kier alpha value is -2.78. The first-order chi connectivity index (χ1) is 13.6. The zero-order chi connectivity index (χ0) is 22.0. The highest BCUT2D eigenvalue weighted by Crippen LogP contribution is 2.25. The van der Waals surface area contributed by atoms with Crippen LogP contribution < -0.4 is 20.1 Å². The fraction of sp³-hybridized carbons (Fsp3) is 0.579. The number of halogens is 2. The Labute approximate surface area is 170 Å². The lowest BCUT2D eigenvalue weighted by atomic mass is 10.2. The molecule has 0 aromatic heterocycles. The SMILES string of the molecule is CN=C(NCCN(C)C(=O)OC(C)(C)C)NCc1cc(OC)ccc1OC(F)F. The second-order valence-corrected chi connectivity index (χ2v) is 7.11. The number of alkyl halides is 2. The van der Waals surface area contributed by atoms with Crippen molar-refractivity contribution in [2.24, 2.45) is 4.99 Å². The minimum absolute atomic E-state index is 0.0495. The Kier molecular flexibility index (Phi) is 9.43. The van der Waals surface area contributed by atoms with E-state index in [1.54, 1.807) is 47.0 Å². The number of amides is 1. The number of nitrogens with zero attached hydrogens (tertiary/aromatic N) is 2. The fourth-order valence-corrected chi connectivity index (χ4v) is 2.20. The third-order valence-corrected chi connectivity index (χ3v) is 3.60. The number of aliphatic imine (C=N–C) groups is 1. The molecule has 1 aromatic rings. The van der Waals surface area contributed by atoms with Gasteiger partial charge >= 0.3 is 12.7 Å². The average molecular weight is 416 g/mol. The van der Waals surface area contributed by atoms with Crippen LogP contribution in [0.4, 0.5) is 13.6 Å². The second-order valence-electron chi connectivity index (χ2n) is 7.11. The number of hydrogen-bond acceptors (Lipinski definition) is 5. The first kappa shape index (κ1) is 24.3. The standard InChI is InChI=1S/C19H30F2N4O4/c1-19(2,3)29-18(26)25(5)10-9-23-17(22-4)24-12-13-11-14(27-6)7-8-15(13)28-16(20)21/h7-8,11,16H,9-10,12H2,1-6H3,(H2,22,23,24). The number of nitrogens with one attached hydrogen (secondary N) is 2. The molecule has 0 aliphatic rings. The van der Waals surface area contributed by atoms with E-state index < -0.39 is 18.3 Å². The van der Waals surface area contributed by atoms with Gasteiger partial charge in [0.1, 0.15) is 17.1 Å². The van der Waals surface area contributed by atoms with Crippen LogP contribution >= 0.6 is 0 Å². The van der Waals surface area contributed by atoms with Crippen LogP contribution in [0, 0.1) is 0 Å². The van der Waals surface area contributed by atoms with Crippen LogP contribution in [0.25, 0.3) is 0 Å². The molecule has 0 heterocycles. The largest absolute Gasteiger partial charge is 0.497 e. The topological polar surface area (TPSA) is 84.4 Å². The summed E-state index contributed by atoms with van der Waals surface area (Å²) in [7, 11) is 4.70. The van der Waals surface area contributed by atoms with E-state index >= 15 is 0 Å². The average Bonchev–Trinajstić information content (AvgIpc) is 2.63. The monoisotopic (exact) mass is 416 g/mol. The molecule has 2 N–H and O–H groups in total. The number of carbonyl (C=O) groups excluding carboxylic acids is 1. The van der Waals surface area contributed by atoms with Crippen molar-refractivity contribution in [2.45, 2.75) is 39.5 Å². The minimum atomic E-state index is -2.93. The molecule has 0 radical (unpaired) electrons. The van der Waals surface area contributed by atoms with Gasteiger partial charge in [-0.2, -0.15) is 8.78 Å². The zero-order valence-corrected chi connectivity index (χ0v) is 17.7. The molecule has 0 saturated carbocycles. The molecular formula is C19H30F2N4O4. The van der Waals surface area contributed by atoms with Crippen LogP contribution in [-0.4, -0.2) is 63.5 Å². The highest BCUT2D eigenvalue weighted by atomic mass is 19.3. The second kappa shape index (κ2) is 11.3. The first-order valence-corrected chi connectivity index (χ1v) is 9.06. The Bertz CT molecular complexity index is 693. The molecule has 164 valence electrons. The smallest absolute Gasteiger partial charge is 0.410 e. The molecule has 0 aliphatic carbocycles.